The van der Waals surface area contributed by atoms with Crippen LogP contribution in [0.15, 0.2) is 91.1 Å². The van der Waals surface area contributed by atoms with Crippen LogP contribution in [0.2, 0.25) is 0 Å². The van der Waals surface area contributed by atoms with Gasteiger partial charge in [0.15, 0.2) is 0 Å². The topological polar surface area (TPSA) is 44.9 Å². The molecule has 260 valence electrons. The molecule has 3 aromatic heterocycles. The number of aryl methyl sites for hydroxylation is 4. The minimum absolute atomic E-state index is 0.255. The molecule has 0 aliphatic rings. The number of rotatable bonds is 9. The molecule has 0 fully saturated rings. The molecule has 0 unspecified atom stereocenters. The second-order valence-electron chi connectivity index (χ2n) is 15.4. The first-order valence-corrected chi connectivity index (χ1v) is 18.4. The lowest BCUT2D eigenvalue weighted by molar-refractivity contribution is 0.481. The summed E-state index contributed by atoms with van der Waals surface area (Å²) in [5, 5.41) is 7.59. The van der Waals surface area contributed by atoms with Crippen molar-refractivity contribution in [3.8, 4) is 34.1 Å². The molecule has 0 N–H and O–H groups in total. The number of aromatic nitrogens is 4. The fourth-order valence-corrected chi connectivity index (χ4v) is 7.86. The molecule has 0 aliphatic carbocycles. The summed E-state index contributed by atoms with van der Waals surface area (Å²) in [6.45, 7) is 22.3. The van der Waals surface area contributed by atoms with Crippen LogP contribution in [0, 0.1) is 33.6 Å². The van der Waals surface area contributed by atoms with Gasteiger partial charge >= 0.3 is 0 Å². The van der Waals surface area contributed by atoms with E-state index in [1.165, 1.54) is 55.4 Å². The Hall–Kier alpha value is -5.16. The second-order valence-corrected chi connectivity index (χ2v) is 15.4. The molecule has 0 saturated carbocycles. The van der Waals surface area contributed by atoms with Crippen molar-refractivity contribution >= 4 is 21.8 Å². The van der Waals surface area contributed by atoms with Gasteiger partial charge in [0, 0.05) is 34.7 Å². The Bertz CT molecular complexity index is 2380. The third kappa shape index (κ3) is 6.46. The Labute approximate surface area is 302 Å². The number of para-hydroxylation sites is 1. The lowest BCUT2D eigenvalue weighted by atomic mass is 9.90. The highest BCUT2D eigenvalue weighted by molar-refractivity contribution is 6.09. The normalized spacial score (nSPS) is 11.9. The summed E-state index contributed by atoms with van der Waals surface area (Å²) in [4.78, 5) is 4.86. The van der Waals surface area contributed by atoms with Gasteiger partial charge < -0.3 is 4.74 Å². The first-order valence-electron chi connectivity index (χ1n) is 18.4. The summed E-state index contributed by atoms with van der Waals surface area (Å²) in [6.07, 6.45) is 2.94. The van der Waals surface area contributed by atoms with Gasteiger partial charge in [0.2, 0.25) is 0 Å². The Kier molecular flexibility index (Phi) is 9.09. The zero-order valence-corrected chi connectivity index (χ0v) is 31.8. The van der Waals surface area contributed by atoms with Gasteiger partial charge in [0.25, 0.3) is 0 Å². The summed E-state index contributed by atoms with van der Waals surface area (Å²) in [5.74, 6) is 3.62. The standard InChI is InChI=1S/C46H50N4O/c1-27(2)19-34-17-18-47-43(22-34)49-41-14-12-11-13-39(41)40-16-15-37(26-42(40)49)51-38-24-35(28(3)4)23-36(25-38)50-46(29(5)6)45(33(10)48-50)44-31(8)20-30(7)21-32(44)9/h11-18,20-29H,19H2,1-10H3. The first kappa shape index (κ1) is 34.3. The fraction of sp³-hybridized carbons (Fsp3) is 0.304. The Morgan fingerprint density at radius 3 is 2.10 bits per heavy atom. The van der Waals surface area contributed by atoms with Crippen LogP contribution in [0.4, 0.5) is 0 Å². The van der Waals surface area contributed by atoms with Gasteiger partial charge in [-0.1, -0.05) is 77.4 Å². The highest BCUT2D eigenvalue weighted by Crippen LogP contribution is 2.40. The molecule has 4 aromatic carbocycles. The molecular formula is C46H50N4O. The van der Waals surface area contributed by atoms with Crippen LogP contribution in [0.25, 0.3) is 44.4 Å². The van der Waals surface area contributed by atoms with E-state index in [1.807, 2.05) is 6.20 Å². The van der Waals surface area contributed by atoms with E-state index < -0.39 is 0 Å². The van der Waals surface area contributed by atoms with Crippen molar-refractivity contribution in [3.63, 3.8) is 0 Å². The van der Waals surface area contributed by atoms with Crippen LogP contribution in [-0.2, 0) is 6.42 Å². The van der Waals surface area contributed by atoms with Crippen molar-refractivity contribution in [1.29, 1.82) is 0 Å². The molecule has 0 saturated heterocycles. The number of benzene rings is 4. The number of nitrogens with zero attached hydrogens (tertiary/aromatic N) is 4. The maximum atomic E-state index is 6.80. The molecule has 5 nitrogen and oxygen atoms in total. The highest BCUT2D eigenvalue weighted by atomic mass is 16.5. The van der Waals surface area contributed by atoms with Crippen molar-refractivity contribution in [2.24, 2.45) is 5.92 Å². The summed E-state index contributed by atoms with van der Waals surface area (Å²) in [7, 11) is 0. The van der Waals surface area contributed by atoms with E-state index in [1.54, 1.807) is 0 Å². The van der Waals surface area contributed by atoms with E-state index in [0.717, 1.165) is 46.2 Å². The quantitative estimate of drug-likeness (QED) is 0.153. The molecule has 0 radical (unpaired) electrons. The smallest absolute Gasteiger partial charge is 0.137 e. The van der Waals surface area contributed by atoms with Gasteiger partial charge in [0.05, 0.1) is 28.1 Å². The molecule has 5 heteroatoms. The maximum Gasteiger partial charge on any atom is 0.137 e. The summed E-state index contributed by atoms with van der Waals surface area (Å²) < 4.78 is 11.2. The maximum absolute atomic E-state index is 6.80. The number of ether oxygens (including phenoxy) is 1. The largest absolute Gasteiger partial charge is 0.457 e. The van der Waals surface area contributed by atoms with Crippen LogP contribution in [0.1, 0.15) is 92.6 Å². The summed E-state index contributed by atoms with van der Waals surface area (Å²) >= 11 is 0. The van der Waals surface area contributed by atoms with E-state index >= 15 is 0 Å². The van der Waals surface area contributed by atoms with Crippen molar-refractivity contribution in [1.82, 2.24) is 19.3 Å². The highest BCUT2D eigenvalue weighted by Gasteiger charge is 2.24. The SMILES string of the molecule is Cc1cc(C)c(-c2c(C)nn(-c3cc(Oc4ccc5c6ccccc6n(-c6cc(CC(C)C)ccn6)c5c4)cc(C(C)C)c3)c2C(C)C)c(C)c1. The predicted octanol–water partition coefficient (Wildman–Crippen LogP) is 12.5. The van der Waals surface area contributed by atoms with Gasteiger partial charge in [-0.2, -0.15) is 5.10 Å². The lowest BCUT2D eigenvalue weighted by Gasteiger charge is -2.18. The summed E-state index contributed by atoms with van der Waals surface area (Å²) in [6, 6.07) is 30.5. The zero-order chi connectivity index (χ0) is 36.1. The second kappa shape index (κ2) is 13.5. The molecular weight excluding hydrogens is 625 g/mol. The van der Waals surface area contributed by atoms with E-state index in [4.69, 9.17) is 14.8 Å². The fourth-order valence-electron chi connectivity index (χ4n) is 7.86. The zero-order valence-electron chi connectivity index (χ0n) is 31.8. The molecule has 7 rings (SSSR count). The van der Waals surface area contributed by atoms with Crippen molar-refractivity contribution in [2.75, 3.05) is 0 Å². The van der Waals surface area contributed by atoms with Crippen LogP contribution in [0.3, 0.4) is 0 Å². The molecule has 0 bridgehead atoms. The average molecular weight is 675 g/mol. The molecule has 51 heavy (non-hydrogen) atoms. The average Bonchev–Trinajstić information content (AvgIpc) is 3.58. The van der Waals surface area contributed by atoms with E-state index in [0.29, 0.717) is 11.8 Å². The van der Waals surface area contributed by atoms with Gasteiger partial charge in [-0.15, -0.1) is 0 Å². The molecule has 0 amide bonds. The molecule has 3 heterocycles. The summed E-state index contributed by atoms with van der Waals surface area (Å²) in [5.41, 5.74) is 14.3. The van der Waals surface area contributed by atoms with Crippen LogP contribution in [-0.4, -0.2) is 19.3 Å². The third-order valence-electron chi connectivity index (χ3n) is 9.96. The first-order chi connectivity index (χ1) is 24.4. The van der Waals surface area contributed by atoms with Gasteiger partial charge in [-0.3, -0.25) is 4.57 Å². The lowest BCUT2D eigenvalue weighted by Crippen LogP contribution is -2.06. The Morgan fingerprint density at radius 2 is 1.39 bits per heavy atom. The van der Waals surface area contributed by atoms with Gasteiger partial charge in [0.1, 0.15) is 17.3 Å². The predicted molar refractivity (Wildman–Crippen MR) is 213 cm³/mol. The molecule has 0 aliphatic heterocycles. The molecule has 0 spiro atoms. The minimum atomic E-state index is 0.255. The number of fused-ring (bicyclic) bond motifs is 3. The molecule has 0 atom stereocenters. The van der Waals surface area contributed by atoms with E-state index in [2.05, 4.69) is 163 Å². The third-order valence-corrected chi connectivity index (χ3v) is 9.96. The van der Waals surface area contributed by atoms with Crippen molar-refractivity contribution < 1.29 is 4.74 Å². The van der Waals surface area contributed by atoms with Crippen LogP contribution < -0.4 is 4.74 Å². The number of pyridine rings is 1. The number of hydrogen-bond donors (Lipinski definition) is 0. The number of hydrogen-bond acceptors (Lipinski definition) is 3. The van der Waals surface area contributed by atoms with Crippen molar-refractivity contribution in [2.45, 2.75) is 87.5 Å². The Balaban J connectivity index is 1.35. The Morgan fingerprint density at radius 1 is 0.667 bits per heavy atom. The van der Waals surface area contributed by atoms with E-state index in [-0.39, 0.29) is 5.92 Å². The molecule has 7 aromatic rings. The minimum Gasteiger partial charge on any atom is -0.457 e. The van der Waals surface area contributed by atoms with E-state index in [9.17, 15) is 0 Å². The van der Waals surface area contributed by atoms with Gasteiger partial charge in [-0.05, 0) is 122 Å². The van der Waals surface area contributed by atoms with Gasteiger partial charge in [-0.25, -0.2) is 9.67 Å². The van der Waals surface area contributed by atoms with Crippen molar-refractivity contribution in [3.05, 3.63) is 130 Å². The van der Waals surface area contributed by atoms with Crippen LogP contribution in [0.5, 0.6) is 11.5 Å². The van der Waals surface area contributed by atoms with Crippen LogP contribution >= 0.6 is 0 Å². The monoisotopic (exact) mass is 674 g/mol.